The maximum atomic E-state index is 12.3. The highest BCUT2D eigenvalue weighted by atomic mass is 16.5. The van der Waals surface area contributed by atoms with E-state index < -0.39 is 11.9 Å². The quantitative estimate of drug-likeness (QED) is 0.441. The van der Waals surface area contributed by atoms with Gasteiger partial charge in [-0.25, -0.2) is 9.59 Å². The monoisotopic (exact) mass is 404 g/mol. The van der Waals surface area contributed by atoms with Crippen LogP contribution in [0.1, 0.15) is 40.5 Å². The Hall–Kier alpha value is -3.93. The third-order valence-electron chi connectivity index (χ3n) is 4.31. The van der Waals surface area contributed by atoms with Crippen LogP contribution in [-0.4, -0.2) is 23.0 Å². The van der Waals surface area contributed by atoms with Gasteiger partial charge in [-0.05, 0) is 66.1 Å². The molecule has 0 aliphatic rings. The maximum Gasteiger partial charge on any atom is 0.343 e. The van der Waals surface area contributed by atoms with Crippen molar-refractivity contribution in [3.63, 3.8) is 0 Å². The summed E-state index contributed by atoms with van der Waals surface area (Å²) >= 11 is 0. The van der Waals surface area contributed by atoms with Crippen molar-refractivity contribution in [1.82, 2.24) is 0 Å². The number of ether oxygens (including phenoxy) is 2. The van der Waals surface area contributed by atoms with E-state index in [-0.39, 0.29) is 17.3 Å². The van der Waals surface area contributed by atoms with Crippen molar-refractivity contribution in [3.05, 3.63) is 83.9 Å². The maximum absolute atomic E-state index is 12.3. The molecule has 0 unspecified atom stereocenters. The van der Waals surface area contributed by atoms with E-state index in [0.29, 0.717) is 17.7 Å². The van der Waals surface area contributed by atoms with Crippen LogP contribution >= 0.6 is 0 Å². The molecule has 1 N–H and O–H groups in total. The first kappa shape index (κ1) is 20.8. The van der Waals surface area contributed by atoms with E-state index in [1.165, 1.54) is 24.3 Å². The Kier molecular flexibility index (Phi) is 6.60. The Bertz CT molecular complexity index is 1030. The first-order chi connectivity index (χ1) is 14.5. The van der Waals surface area contributed by atoms with Crippen molar-refractivity contribution < 1.29 is 29.0 Å². The number of carboxylic acids is 1. The molecule has 3 aromatic carbocycles. The second-order valence-corrected chi connectivity index (χ2v) is 6.54. The lowest BCUT2D eigenvalue weighted by Gasteiger charge is -2.07. The lowest BCUT2D eigenvalue weighted by atomic mass is 10.0. The lowest BCUT2D eigenvalue weighted by molar-refractivity contribution is -0.134. The first-order valence-corrected chi connectivity index (χ1v) is 9.43. The van der Waals surface area contributed by atoms with E-state index in [4.69, 9.17) is 14.6 Å². The summed E-state index contributed by atoms with van der Waals surface area (Å²) in [4.78, 5) is 34.7. The van der Waals surface area contributed by atoms with Crippen LogP contribution in [0.5, 0.6) is 11.5 Å². The molecule has 0 fully saturated rings. The van der Waals surface area contributed by atoms with Crippen molar-refractivity contribution in [2.24, 2.45) is 0 Å². The number of esters is 2. The number of carbonyl (C=O) groups is 3. The van der Waals surface area contributed by atoms with Gasteiger partial charge in [0.1, 0.15) is 11.5 Å². The van der Waals surface area contributed by atoms with Crippen LogP contribution in [0.25, 0.3) is 11.1 Å². The summed E-state index contributed by atoms with van der Waals surface area (Å²) in [5.74, 6) is -1.09. The Morgan fingerprint density at radius 2 is 1.17 bits per heavy atom. The molecule has 3 rings (SSSR count). The van der Waals surface area contributed by atoms with Crippen molar-refractivity contribution >= 4 is 17.9 Å². The number of carboxylic acid groups (broad SMARTS) is 1. The number of aromatic carboxylic acids is 1. The normalized spacial score (nSPS) is 10.3. The fraction of sp³-hybridized carbons (Fsp3) is 0.125. The summed E-state index contributed by atoms with van der Waals surface area (Å²) in [7, 11) is 0. The molecule has 0 saturated carbocycles. The number of hydrogen-bond donors (Lipinski definition) is 1. The zero-order valence-electron chi connectivity index (χ0n) is 16.3. The van der Waals surface area contributed by atoms with Crippen LogP contribution in [0.3, 0.4) is 0 Å². The van der Waals surface area contributed by atoms with Gasteiger partial charge in [0, 0.05) is 6.42 Å². The number of rotatable bonds is 7. The van der Waals surface area contributed by atoms with E-state index in [1.54, 1.807) is 36.4 Å². The zero-order chi connectivity index (χ0) is 21.5. The second-order valence-electron chi connectivity index (χ2n) is 6.54. The molecule has 30 heavy (non-hydrogen) atoms. The Morgan fingerprint density at radius 1 is 0.700 bits per heavy atom. The Labute approximate surface area is 173 Å². The summed E-state index contributed by atoms with van der Waals surface area (Å²) < 4.78 is 10.5. The van der Waals surface area contributed by atoms with Gasteiger partial charge in [0.05, 0.1) is 11.1 Å². The van der Waals surface area contributed by atoms with Gasteiger partial charge in [0.25, 0.3) is 0 Å². The Balaban J connectivity index is 1.64. The molecular weight excluding hydrogens is 384 g/mol. The van der Waals surface area contributed by atoms with Gasteiger partial charge in [-0.15, -0.1) is 0 Å². The molecule has 3 aromatic rings. The molecule has 6 nitrogen and oxygen atoms in total. The molecule has 0 aliphatic carbocycles. The molecule has 0 saturated heterocycles. The summed E-state index contributed by atoms with van der Waals surface area (Å²) in [6.45, 7) is 1.92. The largest absolute Gasteiger partial charge is 0.478 e. The molecular formula is C24H20O6. The molecule has 0 aliphatic heterocycles. The summed E-state index contributed by atoms with van der Waals surface area (Å²) in [6.07, 6.45) is 1.11. The third-order valence-corrected chi connectivity index (χ3v) is 4.31. The van der Waals surface area contributed by atoms with Gasteiger partial charge in [0.2, 0.25) is 0 Å². The van der Waals surface area contributed by atoms with Crippen molar-refractivity contribution in [2.75, 3.05) is 0 Å². The fourth-order valence-corrected chi connectivity index (χ4v) is 2.73. The summed E-state index contributed by atoms with van der Waals surface area (Å²) in [6, 6.07) is 19.6. The highest BCUT2D eigenvalue weighted by Gasteiger charge is 2.10. The number of benzene rings is 3. The third kappa shape index (κ3) is 5.32. The summed E-state index contributed by atoms with van der Waals surface area (Å²) in [5, 5.41) is 8.90. The number of hydrogen-bond acceptors (Lipinski definition) is 5. The highest BCUT2D eigenvalue weighted by molar-refractivity contribution is 5.92. The molecule has 0 spiro atoms. The molecule has 0 radical (unpaired) electrons. The minimum absolute atomic E-state index is 0.116. The van der Waals surface area contributed by atoms with Gasteiger partial charge >= 0.3 is 17.9 Å². The molecule has 0 heterocycles. The predicted molar refractivity (Wildman–Crippen MR) is 111 cm³/mol. The molecule has 0 aromatic heterocycles. The summed E-state index contributed by atoms with van der Waals surface area (Å²) in [5.41, 5.74) is 2.29. The number of carbonyl (C=O) groups excluding carboxylic acids is 2. The highest BCUT2D eigenvalue weighted by Crippen LogP contribution is 2.24. The van der Waals surface area contributed by atoms with E-state index in [2.05, 4.69) is 0 Å². The smallest absolute Gasteiger partial charge is 0.343 e. The molecule has 6 heteroatoms. The molecule has 152 valence electrons. The molecule has 0 bridgehead atoms. The van der Waals surface area contributed by atoms with E-state index >= 15 is 0 Å². The van der Waals surface area contributed by atoms with E-state index in [9.17, 15) is 14.4 Å². The van der Waals surface area contributed by atoms with Gasteiger partial charge in [-0.2, -0.15) is 0 Å². The molecule has 0 amide bonds. The van der Waals surface area contributed by atoms with E-state index in [0.717, 1.165) is 17.5 Å². The van der Waals surface area contributed by atoms with Gasteiger partial charge in [-0.1, -0.05) is 31.2 Å². The van der Waals surface area contributed by atoms with Gasteiger partial charge in [0.15, 0.2) is 0 Å². The second kappa shape index (κ2) is 9.52. The fourth-order valence-electron chi connectivity index (χ4n) is 2.73. The first-order valence-electron chi connectivity index (χ1n) is 9.43. The standard InChI is InChI=1S/C24H20O6/c1-2-3-22(25)29-20-12-8-17(9-13-20)16-4-6-19(7-5-16)24(28)30-21-14-10-18(11-15-21)23(26)27/h4-15H,2-3H2,1H3,(H,26,27). The van der Waals surface area contributed by atoms with Gasteiger partial charge in [-0.3, -0.25) is 4.79 Å². The Morgan fingerprint density at radius 3 is 1.70 bits per heavy atom. The average Bonchev–Trinajstić information content (AvgIpc) is 2.75. The minimum atomic E-state index is -1.05. The molecule has 0 atom stereocenters. The van der Waals surface area contributed by atoms with Crippen molar-refractivity contribution in [2.45, 2.75) is 19.8 Å². The van der Waals surface area contributed by atoms with E-state index in [1.807, 2.05) is 19.1 Å². The van der Waals surface area contributed by atoms with Crippen molar-refractivity contribution in [1.29, 1.82) is 0 Å². The predicted octanol–water partition coefficient (Wildman–Crippen LogP) is 4.98. The zero-order valence-corrected chi connectivity index (χ0v) is 16.3. The SMILES string of the molecule is CCCC(=O)Oc1ccc(-c2ccc(C(=O)Oc3ccc(C(=O)O)cc3)cc2)cc1. The van der Waals surface area contributed by atoms with Crippen molar-refractivity contribution in [3.8, 4) is 22.6 Å². The average molecular weight is 404 g/mol. The lowest BCUT2D eigenvalue weighted by Crippen LogP contribution is -2.08. The minimum Gasteiger partial charge on any atom is -0.478 e. The van der Waals surface area contributed by atoms with Crippen LogP contribution in [0.15, 0.2) is 72.8 Å². The van der Waals surface area contributed by atoms with Crippen LogP contribution in [0.4, 0.5) is 0 Å². The van der Waals surface area contributed by atoms with Crippen LogP contribution in [0.2, 0.25) is 0 Å². The topological polar surface area (TPSA) is 89.9 Å². The van der Waals surface area contributed by atoms with Crippen LogP contribution in [0, 0.1) is 0 Å². The van der Waals surface area contributed by atoms with Crippen LogP contribution in [-0.2, 0) is 4.79 Å². The van der Waals surface area contributed by atoms with Gasteiger partial charge < -0.3 is 14.6 Å². The van der Waals surface area contributed by atoms with Crippen LogP contribution < -0.4 is 9.47 Å².